The highest BCUT2D eigenvalue weighted by Crippen LogP contribution is 1.96. The molecular formula is C10H16N4O3. The number of carbonyl (C=O) groups excluding carboxylic acids is 2. The fraction of sp³-hybridized carbons (Fsp3) is 0.600. The van der Waals surface area contributed by atoms with Crippen LogP contribution in [0.15, 0.2) is 6.20 Å². The SMILES string of the molecule is CCOC(=O)c1cn(CC(=O)NC(C)C)nn1. The molecule has 0 aliphatic rings. The maximum absolute atomic E-state index is 11.4. The van der Waals surface area contributed by atoms with Crippen molar-refractivity contribution in [1.29, 1.82) is 0 Å². The van der Waals surface area contributed by atoms with Gasteiger partial charge in [0.15, 0.2) is 5.69 Å². The molecule has 1 amide bonds. The summed E-state index contributed by atoms with van der Waals surface area (Å²) in [5.74, 6) is -0.719. The number of hydrogen-bond acceptors (Lipinski definition) is 5. The number of aromatic nitrogens is 3. The van der Waals surface area contributed by atoms with Gasteiger partial charge in [0.25, 0.3) is 0 Å². The Labute approximate surface area is 99.1 Å². The van der Waals surface area contributed by atoms with Crippen molar-refractivity contribution in [1.82, 2.24) is 20.3 Å². The third-order valence-corrected chi connectivity index (χ3v) is 1.78. The number of rotatable bonds is 5. The molecule has 1 aromatic heterocycles. The van der Waals surface area contributed by atoms with Crippen molar-refractivity contribution in [2.24, 2.45) is 0 Å². The van der Waals surface area contributed by atoms with Crippen LogP contribution < -0.4 is 5.32 Å². The first kappa shape index (κ1) is 13.1. The molecule has 0 radical (unpaired) electrons. The van der Waals surface area contributed by atoms with Gasteiger partial charge in [0.1, 0.15) is 6.54 Å². The van der Waals surface area contributed by atoms with Gasteiger partial charge in [-0.2, -0.15) is 0 Å². The van der Waals surface area contributed by atoms with Crippen molar-refractivity contribution in [3.63, 3.8) is 0 Å². The first-order chi connectivity index (χ1) is 8.02. The normalized spacial score (nSPS) is 10.4. The zero-order chi connectivity index (χ0) is 12.8. The van der Waals surface area contributed by atoms with E-state index >= 15 is 0 Å². The lowest BCUT2D eigenvalue weighted by atomic mass is 10.4. The minimum Gasteiger partial charge on any atom is -0.461 e. The van der Waals surface area contributed by atoms with E-state index in [1.165, 1.54) is 10.9 Å². The van der Waals surface area contributed by atoms with Crippen LogP contribution in [-0.2, 0) is 16.1 Å². The number of nitrogens with zero attached hydrogens (tertiary/aromatic N) is 3. The molecule has 0 spiro atoms. The molecule has 94 valence electrons. The van der Waals surface area contributed by atoms with Crippen molar-refractivity contribution in [3.8, 4) is 0 Å². The monoisotopic (exact) mass is 240 g/mol. The van der Waals surface area contributed by atoms with E-state index in [1.807, 2.05) is 13.8 Å². The van der Waals surface area contributed by atoms with E-state index in [2.05, 4.69) is 15.6 Å². The maximum atomic E-state index is 11.4. The average Bonchev–Trinajstić information content (AvgIpc) is 2.65. The van der Waals surface area contributed by atoms with Crippen molar-refractivity contribution in [2.45, 2.75) is 33.4 Å². The predicted molar refractivity (Wildman–Crippen MR) is 59.3 cm³/mol. The van der Waals surface area contributed by atoms with Crippen LogP contribution in [-0.4, -0.2) is 39.5 Å². The van der Waals surface area contributed by atoms with Crippen LogP contribution in [0.2, 0.25) is 0 Å². The predicted octanol–water partition coefficient (Wildman–Crippen LogP) is -0.0206. The van der Waals surface area contributed by atoms with Gasteiger partial charge in [-0.15, -0.1) is 5.10 Å². The fourth-order valence-electron chi connectivity index (χ4n) is 1.19. The van der Waals surface area contributed by atoms with Crippen molar-refractivity contribution >= 4 is 11.9 Å². The summed E-state index contributed by atoms with van der Waals surface area (Å²) in [6.07, 6.45) is 1.39. The number of hydrogen-bond donors (Lipinski definition) is 1. The molecule has 0 unspecified atom stereocenters. The van der Waals surface area contributed by atoms with Gasteiger partial charge in [0.2, 0.25) is 5.91 Å². The Kier molecular flexibility index (Phi) is 4.62. The Morgan fingerprint density at radius 1 is 1.53 bits per heavy atom. The van der Waals surface area contributed by atoms with Crippen LogP contribution >= 0.6 is 0 Å². The van der Waals surface area contributed by atoms with E-state index in [0.29, 0.717) is 0 Å². The minimum absolute atomic E-state index is 0.0323. The fourth-order valence-corrected chi connectivity index (χ4v) is 1.19. The van der Waals surface area contributed by atoms with E-state index in [1.54, 1.807) is 6.92 Å². The van der Waals surface area contributed by atoms with Gasteiger partial charge in [-0.1, -0.05) is 5.21 Å². The number of esters is 1. The summed E-state index contributed by atoms with van der Waals surface area (Å²) in [5, 5.41) is 10.0. The largest absolute Gasteiger partial charge is 0.461 e. The summed E-state index contributed by atoms with van der Waals surface area (Å²) >= 11 is 0. The van der Waals surface area contributed by atoms with Crippen LogP contribution in [0.5, 0.6) is 0 Å². The quantitative estimate of drug-likeness (QED) is 0.731. The van der Waals surface area contributed by atoms with Gasteiger partial charge in [-0.25, -0.2) is 9.48 Å². The summed E-state index contributed by atoms with van der Waals surface area (Å²) in [4.78, 5) is 22.7. The minimum atomic E-state index is -0.539. The molecule has 0 aromatic carbocycles. The van der Waals surface area contributed by atoms with Crippen molar-refractivity contribution in [2.75, 3.05) is 6.61 Å². The van der Waals surface area contributed by atoms with Gasteiger partial charge in [-0.3, -0.25) is 4.79 Å². The van der Waals surface area contributed by atoms with Crippen LogP contribution in [0.3, 0.4) is 0 Å². The van der Waals surface area contributed by atoms with Gasteiger partial charge >= 0.3 is 5.97 Å². The van der Waals surface area contributed by atoms with Gasteiger partial charge in [-0.05, 0) is 20.8 Å². The highest BCUT2D eigenvalue weighted by Gasteiger charge is 2.13. The summed E-state index contributed by atoms with van der Waals surface area (Å²) in [5.41, 5.74) is 0.101. The maximum Gasteiger partial charge on any atom is 0.360 e. The van der Waals surface area contributed by atoms with Gasteiger partial charge < -0.3 is 10.1 Å². The lowest BCUT2D eigenvalue weighted by Crippen LogP contribution is -2.33. The lowest BCUT2D eigenvalue weighted by molar-refractivity contribution is -0.122. The second-order valence-corrected chi connectivity index (χ2v) is 3.74. The third kappa shape index (κ3) is 4.21. The molecular weight excluding hydrogens is 224 g/mol. The standard InChI is InChI=1S/C10H16N4O3/c1-4-17-10(16)8-5-14(13-12-8)6-9(15)11-7(2)3/h5,7H,4,6H2,1-3H3,(H,11,15). The van der Waals surface area contributed by atoms with E-state index < -0.39 is 5.97 Å². The Balaban J connectivity index is 2.56. The molecule has 0 aliphatic carbocycles. The Hall–Kier alpha value is -1.92. The number of nitrogens with one attached hydrogen (secondary N) is 1. The second kappa shape index (κ2) is 5.97. The number of amides is 1. The highest BCUT2D eigenvalue weighted by molar-refractivity contribution is 5.86. The molecule has 7 nitrogen and oxygen atoms in total. The average molecular weight is 240 g/mol. The van der Waals surface area contributed by atoms with E-state index in [4.69, 9.17) is 4.74 Å². The lowest BCUT2D eigenvalue weighted by Gasteiger charge is -2.07. The van der Waals surface area contributed by atoms with E-state index in [9.17, 15) is 9.59 Å². The molecule has 1 N–H and O–H groups in total. The van der Waals surface area contributed by atoms with Gasteiger partial charge in [0, 0.05) is 6.04 Å². The molecule has 0 atom stereocenters. The summed E-state index contributed by atoms with van der Waals surface area (Å²) in [7, 11) is 0. The molecule has 17 heavy (non-hydrogen) atoms. The summed E-state index contributed by atoms with van der Waals surface area (Å²) in [6.45, 7) is 5.75. The smallest absolute Gasteiger partial charge is 0.360 e. The van der Waals surface area contributed by atoms with Crippen LogP contribution in [0, 0.1) is 0 Å². The van der Waals surface area contributed by atoms with Crippen LogP contribution in [0.25, 0.3) is 0 Å². The molecule has 1 rings (SSSR count). The molecule has 1 heterocycles. The van der Waals surface area contributed by atoms with Gasteiger partial charge in [0.05, 0.1) is 12.8 Å². The van der Waals surface area contributed by atoms with Crippen LogP contribution in [0.1, 0.15) is 31.3 Å². The second-order valence-electron chi connectivity index (χ2n) is 3.74. The van der Waals surface area contributed by atoms with E-state index in [-0.39, 0.29) is 30.8 Å². The molecule has 7 heteroatoms. The molecule has 0 fully saturated rings. The molecule has 0 bridgehead atoms. The molecule has 0 saturated heterocycles. The zero-order valence-electron chi connectivity index (χ0n) is 10.1. The zero-order valence-corrected chi connectivity index (χ0v) is 10.1. The molecule has 0 saturated carbocycles. The topological polar surface area (TPSA) is 86.1 Å². The Morgan fingerprint density at radius 3 is 2.82 bits per heavy atom. The highest BCUT2D eigenvalue weighted by atomic mass is 16.5. The third-order valence-electron chi connectivity index (χ3n) is 1.78. The van der Waals surface area contributed by atoms with Crippen LogP contribution in [0.4, 0.5) is 0 Å². The van der Waals surface area contributed by atoms with Crippen molar-refractivity contribution in [3.05, 3.63) is 11.9 Å². The Bertz CT molecular complexity index is 400. The summed E-state index contributed by atoms with van der Waals surface area (Å²) < 4.78 is 6.05. The summed E-state index contributed by atoms with van der Waals surface area (Å²) in [6, 6.07) is 0.0653. The first-order valence-electron chi connectivity index (χ1n) is 5.39. The number of ether oxygens (including phenoxy) is 1. The molecule has 0 aliphatic heterocycles. The first-order valence-corrected chi connectivity index (χ1v) is 5.39. The molecule has 1 aromatic rings. The van der Waals surface area contributed by atoms with E-state index in [0.717, 1.165) is 0 Å². The number of carbonyl (C=O) groups is 2. The van der Waals surface area contributed by atoms with Crippen molar-refractivity contribution < 1.29 is 14.3 Å². The Morgan fingerprint density at radius 2 is 2.24 bits per heavy atom.